The van der Waals surface area contributed by atoms with Crippen molar-refractivity contribution in [2.24, 2.45) is 0 Å². The average molecular weight is 447 g/mol. The van der Waals surface area contributed by atoms with Gasteiger partial charge in [-0.05, 0) is 40.0 Å². The highest BCUT2D eigenvalue weighted by Gasteiger charge is 2.21. The lowest BCUT2D eigenvalue weighted by molar-refractivity contribution is -0.145. The first-order chi connectivity index (χ1) is 13.5. The van der Waals surface area contributed by atoms with Crippen LogP contribution >= 0.6 is 15.9 Å². The Hall–Kier alpha value is -2.67. The number of ether oxygens (including phenoxy) is 1. The van der Waals surface area contributed by atoms with E-state index >= 15 is 0 Å². The minimum absolute atomic E-state index is 0.193. The molecule has 0 aromatic heterocycles. The minimum Gasteiger partial charge on any atom is -0.467 e. The molecule has 2 amide bonds. The van der Waals surface area contributed by atoms with Gasteiger partial charge in [-0.1, -0.05) is 42.5 Å². The predicted octanol–water partition coefficient (Wildman–Crippen LogP) is 2.86. The SMILES string of the molecule is COC(=O)C(Cc1ccccc1)NC(=O)CCCNC(=O)c1ccccc1Br. The molecule has 0 saturated heterocycles. The van der Waals surface area contributed by atoms with Gasteiger partial charge in [0.15, 0.2) is 0 Å². The number of benzene rings is 2. The number of hydrogen-bond donors (Lipinski definition) is 2. The molecular weight excluding hydrogens is 424 g/mol. The number of hydrogen-bond acceptors (Lipinski definition) is 4. The molecule has 0 heterocycles. The first-order valence-corrected chi connectivity index (χ1v) is 9.74. The monoisotopic (exact) mass is 446 g/mol. The number of carbonyl (C=O) groups is 3. The second-order valence-electron chi connectivity index (χ2n) is 6.17. The maximum Gasteiger partial charge on any atom is 0.328 e. The summed E-state index contributed by atoms with van der Waals surface area (Å²) in [4.78, 5) is 36.3. The molecule has 0 aliphatic heterocycles. The number of rotatable bonds is 9. The normalized spacial score (nSPS) is 11.4. The zero-order valence-electron chi connectivity index (χ0n) is 15.6. The van der Waals surface area contributed by atoms with Gasteiger partial charge in [-0.25, -0.2) is 4.79 Å². The summed E-state index contributed by atoms with van der Waals surface area (Å²) >= 11 is 3.33. The maximum atomic E-state index is 12.2. The van der Waals surface area contributed by atoms with Gasteiger partial charge in [0.25, 0.3) is 5.91 Å². The fraction of sp³-hybridized carbons (Fsp3) is 0.286. The highest BCUT2D eigenvalue weighted by atomic mass is 79.9. The fourth-order valence-electron chi connectivity index (χ4n) is 2.64. The summed E-state index contributed by atoms with van der Waals surface area (Å²) in [5, 5.41) is 5.49. The summed E-state index contributed by atoms with van der Waals surface area (Å²) in [5.74, 6) is -0.953. The Balaban J connectivity index is 1.78. The summed E-state index contributed by atoms with van der Waals surface area (Å²) in [6.07, 6.45) is 1.01. The molecule has 2 aromatic carbocycles. The molecule has 0 aliphatic carbocycles. The lowest BCUT2D eigenvalue weighted by Crippen LogP contribution is -2.43. The number of amides is 2. The molecule has 7 heteroatoms. The smallest absolute Gasteiger partial charge is 0.328 e. The summed E-state index contributed by atoms with van der Waals surface area (Å²) in [6.45, 7) is 0.356. The number of methoxy groups -OCH3 is 1. The van der Waals surface area contributed by atoms with Gasteiger partial charge in [0.1, 0.15) is 6.04 Å². The Labute approximate surface area is 172 Å². The zero-order valence-corrected chi connectivity index (χ0v) is 17.2. The van der Waals surface area contributed by atoms with Crippen molar-refractivity contribution in [3.63, 3.8) is 0 Å². The van der Waals surface area contributed by atoms with Gasteiger partial charge in [-0.15, -0.1) is 0 Å². The van der Waals surface area contributed by atoms with Gasteiger partial charge in [-0.2, -0.15) is 0 Å². The Morgan fingerprint density at radius 1 is 1.04 bits per heavy atom. The van der Waals surface area contributed by atoms with Crippen LogP contribution in [0.2, 0.25) is 0 Å². The third-order valence-corrected chi connectivity index (χ3v) is 4.78. The second-order valence-corrected chi connectivity index (χ2v) is 7.03. The third kappa shape index (κ3) is 6.81. The number of nitrogens with one attached hydrogen (secondary N) is 2. The molecule has 28 heavy (non-hydrogen) atoms. The maximum absolute atomic E-state index is 12.2. The topological polar surface area (TPSA) is 84.5 Å². The van der Waals surface area contributed by atoms with Gasteiger partial charge in [0.05, 0.1) is 12.7 Å². The van der Waals surface area contributed by atoms with Crippen LogP contribution in [0, 0.1) is 0 Å². The van der Waals surface area contributed by atoms with Gasteiger partial charge in [0.2, 0.25) is 5.91 Å². The highest BCUT2D eigenvalue weighted by Crippen LogP contribution is 2.15. The van der Waals surface area contributed by atoms with Crippen LogP contribution in [0.4, 0.5) is 0 Å². The molecule has 0 fully saturated rings. The Morgan fingerprint density at radius 2 is 1.71 bits per heavy atom. The van der Waals surface area contributed by atoms with Crippen molar-refractivity contribution < 1.29 is 19.1 Å². The average Bonchev–Trinajstić information content (AvgIpc) is 2.71. The molecule has 2 aromatic rings. The summed E-state index contributed by atoms with van der Waals surface area (Å²) in [5.41, 5.74) is 1.47. The zero-order chi connectivity index (χ0) is 20.4. The molecule has 6 nitrogen and oxygen atoms in total. The first-order valence-electron chi connectivity index (χ1n) is 8.95. The molecule has 0 aliphatic rings. The van der Waals surface area contributed by atoms with Crippen molar-refractivity contribution in [1.82, 2.24) is 10.6 Å². The van der Waals surface area contributed by atoms with Crippen molar-refractivity contribution in [2.75, 3.05) is 13.7 Å². The van der Waals surface area contributed by atoms with E-state index in [4.69, 9.17) is 4.74 Å². The molecule has 1 unspecified atom stereocenters. The Bertz CT molecular complexity index is 811. The summed E-state index contributed by atoms with van der Waals surface area (Å²) in [7, 11) is 1.30. The van der Waals surface area contributed by atoms with E-state index in [0.717, 1.165) is 5.56 Å². The summed E-state index contributed by atoms with van der Waals surface area (Å²) < 4.78 is 5.50. The van der Waals surface area contributed by atoms with Crippen LogP contribution in [0.5, 0.6) is 0 Å². The first kappa shape index (κ1) is 21.6. The number of carbonyl (C=O) groups excluding carboxylic acids is 3. The van der Waals surface area contributed by atoms with Crippen molar-refractivity contribution >= 4 is 33.7 Å². The quantitative estimate of drug-likeness (QED) is 0.458. The molecule has 0 spiro atoms. The van der Waals surface area contributed by atoms with E-state index in [1.54, 1.807) is 18.2 Å². The number of esters is 1. The van der Waals surface area contributed by atoms with Crippen molar-refractivity contribution in [3.05, 3.63) is 70.2 Å². The lowest BCUT2D eigenvalue weighted by Gasteiger charge is -2.16. The van der Waals surface area contributed by atoms with Crippen LogP contribution in [-0.4, -0.2) is 37.5 Å². The van der Waals surface area contributed by atoms with Crippen molar-refractivity contribution in [2.45, 2.75) is 25.3 Å². The molecule has 2 N–H and O–H groups in total. The second kappa shape index (κ2) is 11.2. The molecular formula is C21H23BrN2O4. The van der Waals surface area contributed by atoms with Crippen LogP contribution < -0.4 is 10.6 Å². The fourth-order valence-corrected chi connectivity index (χ4v) is 3.11. The standard InChI is InChI=1S/C21H23BrN2O4/c1-28-21(27)18(14-15-8-3-2-4-9-15)24-19(25)12-7-13-23-20(26)16-10-5-6-11-17(16)22/h2-6,8-11,18H,7,12-14H2,1H3,(H,23,26)(H,24,25). The van der Waals surface area contributed by atoms with E-state index in [-0.39, 0.29) is 18.2 Å². The van der Waals surface area contributed by atoms with E-state index in [9.17, 15) is 14.4 Å². The largest absolute Gasteiger partial charge is 0.467 e. The molecule has 0 radical (unpaired) electrons. The highest BCUT2D eigenvalue weighted by molar-refractivity contribution is 9.10. The van der Waals surface area contributed by atoms with Gasteiger partial charge >= 0.3 is 5.97 Å². The third-order valence-electron chi connectivity index (χ3n) is 4.09. The Kier molecular flexibility index (Phi) is 8.68. The van der Waals surface area contributed by atoms with Crippen LogP contribution in [0.25, 0.3) is 0 Å². The minimum atomic E-state index is -0.741. The van der Waals surface area contributed by atoms with Gasteiger partial charge < -0.3 is 15.4 Å². The van der Waals surface area contributed by atoms with Crippen LogP contribution in [0.3, 0.4) is 0 Å². The van der Waals surface area contributed by atoms with Gasteiger partial charge in [-0.3, -0.25) is 9.59 Å². The van der Waals surface area contributed by atoms with E-state index < -0.39 is 12.0 Å². The Morgan fingerprint density at radius 3 is 2.39 bits per heavy atom. The molecule has 148 valence electrons. The lowest BCUT2D eigenvalue weighted by atomic mass is 10.1. The van der Waals surface area contributed by atoms with E-state index in [1.807, 2.05) is 36.4 Å². The molecule has 2 rings (SSSR count). The molecule has 1 atom stereocenters. The van der Waals surface area contributed by atoms with E-state index in [2.05, 4.69) is 26.6 Å². The van der Waals surface area contributed by atoms with E-state index in [1.165, 1.54) is 7.11 Å². The van der Waals surface area contributed by atoms with Crippen LogP contribution in [-0.2, 0) is 20.7 Å². The predicted molar refractivity (Wildman–Crippen MR) is 110 cm³/mol. The van der Waals surface area contributed by atoms with Crippen LogP contribution in [0.1, 0.15) is 28.8 Å². The van der Waals surface area contributed by atoms with E-state index in [0.29, 0.717) is 29.4 Å². The summed E-state index contributed by atoms with van der Waals surface area (Å²) in [6, 6.07) is 15.8. The van der Waals surface area contributed by atoms with Crippen LogP contribution in [0.15, 0.2) is 59.1 Å². The molecule has 0 saturated carbocycles. The van der Waals surface area contributed by atoms with Crippen molar-refractivity contribution in [3.8, 4) is 0 Å². The number of halogens is 1. The van der Waals surface area contributed by atoms with Gasteiger partial charge in [0, 0.05) is 23.9 Å². The van der Waals surface area contributed by atoms with Crippen molar-refractivity contribution in [1.29, 1.82) is 0 Å². The molecule has 0 bridgehead atoms.